The minimum Gasteiger partial charge on any atom is -0.399 e. The predicted octanol–water partition coefficient (Wildman–Crippen LogP) is 3.62. The molecule has 2 aromatic rings. The second kappa shape index (κ2) is 6.23. The largest absolute Gasteiger partial charge is 0.399 e. The van der Waals surface area contributed by atoms with Crippen LogP contribution in [0.2, 0.25) is 10.0 Å². The molecule has 0 aliphatic carbocycles. The number of anilines is 1. The third-order valence-electron chi connectivity index (χ3n) is 2.95. The van der Waals surface area contributed by atoms with Gasteiger partial charge in [0, 0.05) is 16.8 Å². The highest BCUT2D eigenvalue weighted by Gasteiger charge is 2.21. The molecule has 0 aliphatic heterocycles. The summed E-state index contributed by atoms with van der Waals surface area (Å²) in [5.74, 6) is 0. The van der Waals surface area contributed by atoms with Gasteiger partial charge < -0.3 is 5.73 Å². The molecule has 0 bridgehead atoms. The minimum atomic E-state index is -3.74. The van der Waals surface area contributed by atoms with E-state index in [9.17, 15) is 8.42 Å². The second-order valence-corrected chi connectivity index (χ2v) is 7.11. The Morgan fingerprint density at radius 3 is 2.29 bits per heavy atom. The van der Waals surface area contributed by atoms with Crippen molar-refractivity contribution in [2.24, 2.45) is 0 Å². The number of hydrogen-bond donors (Lipinski definition) is 2. The van der Waals surface area contributed by atoms with Gasteiger partial charge in [-0.1, -0.05) is 35.3 Å². The summed E-state index contributed by atoms with van der Waals surface area (Å²) >= 11 is 11.8. The molecule has 0 radical (unpaired) electrons. The van der Waals surface area contributed by atoms with Gasteiger partial charge in [0.15, 0.2) is 0 Å². The molecule has 0 fully saturated rings. The van der Waals surface area contributed by atoms with Crippen molar-refractivity contribution in [3.63, 3.8) is 0 Å². The smallest absolute Gasteiger partial charge is 0.242 e. The summed E-state index contributed by atoms with van der Waals surface area (Å²) < 4.78 is 27.3. The molecule has 4 nitrogen and oxygen atoms in total. The Balaban J connectivity index is 2.26. The highest BCUT2D eigenvalue weighted by atomic mass is 35.5. The van der Waals surface area contributed by atoms with Crippen LogP contribution in [0.1, 0.15) is 18.5 Å². The summed E-state index contributed by atoms with van der Waals surface area (Å²) in [7, 11) is -3.74. The summed E-state index contributed by atoms with van der Waals surface area (Å²) in [6.07, 6.45) is 0. The van der Waals surface area contributed by atoms with Gasteiger partial charge in [0.2, 0.25) is 10.0 Å². The number of rotatable bonds is 4. The SMILES string of the molecule is CC(NS(=O)(=O)c1ccc(N)cc1Cl)c1ccc(Cl)cc1. The van der Waals surface area contributed by atoms with Gasteiger partial charge in [0.25, 0.3) is 0 Å². The van der Waals surface area contributed by atoms with Gasteiger partial charge in [-0.05, 0) is 42.8 Å². The summed E-state index contributed by atoms with van der Waals surface area (Å²) in [6.45, 7) is 1.74. The lowest BCUT2D eigenvalue weighted by molar-refractivity contribution is 0.567. The van der Waals surface area contributed by atoms with E-state index >= 15 is 0 Å². The molecular weight excluding hydrogens is 331 g/mol. The lowest BCUT2D eigenvalue weighted by Crippen LogP contribution is -2.27. The zero-order valence-corrected chi connectivity index (χ0v) is 13.5. The van der Waals surface area contributed by atoms with Gasteiger partial charge in [-0.25, -0.2) is 13.1 Å². The first-order chi connectivity index (χ1) is 9.79. The molecule has 7 heteroatoms. The molecule has 0 aromatic heterocycles. The number of benzene rings is 2. The number of nitrogen functional groups attached to an aromatic ring is 1. The average Bonchev–Trinajstić information content (AvgIpc) is 2.38. The molecule has 3 N–H and O–H groups in total. The summed E-state index contributed by atoms with van der Waals surface area (Å²) in [4.78, 5) is -0.000759. The Morgan fingerprint density at radius 2 is 1.71 bits per heavy atom. The molecule has 1 unspecified atom stereocenters. The van der Waals surface area contributed by atoms with Crippen LogP contribution in [0.3, 0.4) is 0 Å². The van der Waals surface area contributed by atoms with E-state index in [1.807, 2.05) is 0 Å². The third-order valence-corrected chi connectivity index (χ3v) is 5.22. The van der Waals surface area contributed by atoms with E-state index in [1.54, 1.807) is 31.2 Å². The van der Waals surface area contributed by atoms with Gasteiger partial charge >= 0.3 is 0 Å². The average molecular weight is 345 g/mol. The van der Waals surface area contributed by atoms with Crippen LogP contribution in [0.4, 0.5) is 5.69 Å². The van der Waals surface area contributed by atoms with Crippen molar-refractivity contribution in [2.75, 3.05) is 5.73 Å². The zero-order chi connectivity index (χ0) is 15.6. The molecule has 2 rings (SSSR count). The summed E-state index contributed by atoms with van der Waals surface area (Å²) in [5, 5.41) is 0.682. The topological polar surface area (TPSA) is 72.2 Å². The Hall–Kier alpha value is -1.27. The molecule has 2 aromatic carbocycles. The van der Waals surface area contributed by atoms with Crippen LogP contribution in [-0.4, -0.2) is 8.42 Å². The molecule has 0 heterocycles. The summed E-state index contributed by atoms with van der Waals surface area (Å²) in [6, 6.07) is 10.8. The first kappa shape index (κ1) is 16.1. The van der Waals surface area contributed by atoms with Gasteiger partial charge in [-0.15, -0.1) is 0 Å². The van der Waals surface area contributed by atoms with Gasteiger partial charge in [0.05, 0.1) is 5.02 Å². The molecule has 0 spiro atoms. The highest BCUT2D eigenvalue weighted by molar-refractivity contribution is 7.89. The highest BCUT2D eigenvalue weighted by Crippen LogP contribution is 2.25. The number of hydrogen-bond acceptors (Lipinski definition) is 3. The van der Waals surface area contributed by atoms with Gasteiger partial charge in [0.1, 0.15) is 4.90 Å². The van der Waals surface area contributed by atoms with Crippen LogP contribution < -0.4 is 10.5 Å². The van der Waals surface area contributed by atoms with Crippen molar-refractivity contribution in [3.05, 3.63) is 58.1 Å². The monoisotopic (exact) mass is 344 g/mol. The minimum absolute atomic E-state index is 0.000759. The Kier molecular flexibility index (Phi) is 4.78. The maximum Gasteiger partial charge on any atom is 0.242 e. The predicted molar refractivity (Wildman–Crippen MR) is 86.1 cm³/mol. The van der Waals surface area contributed by atoms with Crippen LogP contribution >= 0.6 is 23.2 Å². The van der Waals surface area contributed by atoms with Crippen molar-refractivity contribution in [3.8, 4) is 0 Å². The van der Waals surface area contributed by atoms with Crippen LogP contribution in [0.15, 0.2) is 47.4 Å². The van der Waals surface area contributed by atoms with Crippen LogP contribution in [0, 0.1) is 0 Å². The van der Waals surface area contributed by atoms with Crippen molar-refractivity contribution in [2.45, 2.75) is 17.9 Å². The van der Waals surface area contributed by atoms with Crippen molar-refractivity contribution < 1.29 is 8.42 Å². The number of nitrogens with one attached hydrogen (secondary N) is 1. The fourth-order valence-corrected chi connectivity index (χ4v) is 3.76. The van der Waals surface area contributed by atoms with E-state index < -0.39 is 16.1 Å². The Labute approximate surface area is 133 Å². The molecule has 21 heavy (non-hydrogen) atoms. The molecule has 112 valence electrons. The fraction of sp³-hybridized carbons (Fsp3) is 0.143. The molecule has 0 saturated heterocycles. The first-order valence-corrected chi connectivity index (χ1v) is 8.36. The number of sulfonamides is 1. The maximum absolute atomic E-state index is 12.4. The normalized spacial score (nSPS) is 13.1. The lowest BCUT2D eigenvalue weighted by Gasteiger charge is -2.15. The Bertz CT molecular complexity index is 746. The second-order valence-electron chi connectivity index (χ2n) is 4.58. The van der Waals surface area contributed by atoms with Crippen molar-refractivity contribution in [1.82, 2.24) is 4.72 Å². The van der Waals surface area contributed by atoms with Crippen LogP contribution in [0.5, 0.6) is 0 Å². The third kappa shape index (κ3) is 3.89. The van der Waals surface area contributed by atoms with Crippen LogP contribution in [-0.2, 0) is 10.0 Å². The van der Waals surface area contributed by atoms with Gasteiger partial charge in [-0.3, -0.25) is 0 Å². The Morgan fingerprint density at radius 1 is 1.10 bits per heavy atom. The fourth-order valence-electron chi connectivity index (χ4n) is 1.85. The van der Waals surface area contributed by atoms with Crippen molar-refractivity contribution in [1.29, 1.82) is 0 Å². The molecule has 1 atom stereocenters. The standard InChI is InChI=1S/C14H14Cl2N2O2S/c1-9(10-2-4-11(15)5-3-10)18-21(19,20)14-7-6-12(17)8-13(14)16/h2-9,18H,17H2,1H3. The number of nitrogens with two attached hydrogens (primary N) is 1. The van der Waals surface area contributed by atoms with Gasteiger partial charge in [-0.2, -0.15) is 0 Å². The van der Waals surface area contributed by atoms with E-state index in [-0.39, 0.29) is 9.92 Å². The van der Waals surface area contributed by atoms with E-state index in [2.05, 4.69) is 4.72 Å². The number of halogens is 2. The zero-order valence-electron chi connectivity index (χ0n) is 11.2. The van der Waals surface area contributed by atoms with Crippen LogP contribution in [0.25, 0.3) is 0 Å². The van der Waals surface area contributed by atoms with E-state index in [0.717, 1.165) is 5.56 Å². The van der Waals surface area contributed by atoms with E-state index in [1.165, 1.54) is 18.2 Å². The molecular formula is C14H14Cl2N2O2S. The first-order valence-electron chi connectivity index (χ1n) is 6.12. The summed E-state index contributed by atoms with van der Waals surface area (Å²) in [5.41, 5.74) is 6.77. The quantitative estimate of drug-likeness (QED) is 0.832. The van der Waals surface area contributed by atoms with E-state index in [4.69, 9.17) is 28.9 Å². The van der Waals surface area contributed by atoms with Crippen molar-refractivity contribution >= 4 is 38.9 Å². The molecule has 0 aliphatic rings. The molecule has 0 amide bonds. The lowest BCUT2D eigenvalue weighted by atomic mass is 10.1. The molecule has 0 saturated carbocycles. The maximum atomic E-state index is 12.4. The van der Waals surface area contributed by atoms with E-state index in [0.29, 0.717) is 10.7 Å².